The van der Waals surface area contributed by atoms with Crippen LogP contribution in [0, 0.1) is 17.1 Å². The molecule has 0 N–H and O–H groups in total. The number of nitriles is 1. The summed E-state index contributed by atoms with van der Waals surface area (Å²) in [6.07, 6.45) is 1.32. The molecule has 0 bridgehead atoms. The predicted octanol–water partition coefficient (Wildman–Crippen LogP) is 3.15. The van der Waals surface area contributed by atoms with E-state index < -0.39 is 17.8 Å². The van der Waals surface area contributed by atoms with E-state index in [0.29, 0.717) is 5.56 Å². The summed E-state index contributed by atoms with van der Waals surface area (Å²) in [5, 5.41) is 9.18. The molecule has 0 amide bonds. The van der Waals surface area contributed by atoms with E-state index in [9.17, 15) is 19.2 Å². The topological polar surface area (TPSA) is 94.9 Å². The Morgan fingerprint density at radius 1 is 1.07 bits per heavy atom. The van der Waals surface area contributed by atoms with Gasteiger partial charge in [-0.15, -0.1) is 0 Å². The Morgan fingerprint density at radius 2 is 1.79 bits per heavy atom. The first-order valence-corrected chi connectivity index (χ1v) is 8.42. The van der Waals surface area contributed by atoms with E-state index in [4.69, 9.17) is 18.9 Å². The van der Waals surface area contributed by atoms with Gasteiger partial charge in [0.15, 0.2) is 11.5 Å². The molecule has 0 unspecified atom stereocenters. The Bertz CT molecular complexity index is 947. The number of carbonyl (C=O) groups is 2. The molecule has 0 fully saturated rings. The number of methoxy groups -OCH3 is 2. The summed E-state index contributed by atoms with van der Waals surface area (Å²) in [5.41, 5.74) is 0.422. The van der Waals surface area contributed by atoms with Gasteiger partial charge in [-0.3, -0.25) is 0 Å². The summed E-state index contributed by atoms with van der Waals surface area (Å²) in [5.74, 6) is -1.61. The number of esters is 2. The van der Waals surface area contributed by atoms with Crippen LogP contribution < -0.4 is 9.47 Å². The fourth-order valence-electron chi connectivity index (χ4n) is 2.20. The Morgan fingerprint density at radius 3 is 2.41 bits per heavy atom. The van der Waals surface area contributed by atoms with Crippen LogP contribution in [-0.4, -0.2) is 39.4 Å². The lowest BCUT2D eigenvalue weighted by Crippen LogP contribution is -2.11. The van der Waals surface area contributed by atoms with Crippen LogP contribution in [0.5, 0.6) is 11.5 Å². The molecule has 0 aromatic heterocycles. The van der Waals surface area contributed by atoms with Gasteiger partial charge in [-0.1, -0.05) is 6.07 Å². The molecular weight excluding hydrogens is 381 g/mol. The van der Waals surface area contributed by atoms with Crippen molar-refractivity contribution in [3.05, 3.63) is 65.0 Å². The lowest BCUT2D eigenvalue weighted by atomic mass is 10.1. The third-order valence-corrected chi connectivity index (χ3v) is 3.64. The second-order valence-corrected chi connectivity index (χ2v) is 5.61. The molecule has 150 valence electrons. The van der Waals surface area contributed by atoms with Gasteiger partial charge >= 0.3 is 11.9 Å². The van der Waals surface area contributed by atoms with Crippen LogP contribution >= 0.6 is 0 Å². The molecule has 0 saturated heterocycles. The number of halogens is 1. The van der Waals surface area contributed by atoms with Crippen molar-refractivity contribution in [2.75, 3.05) is 27.4 Å². The Labute approximate surface area is 166 Å². The standard InChI is InChI=1S/C21H18FNO6/c1-26-9-10-28-20(24)16(13-23)11-14-3-8-18(19(12-14)27-2)29-21(25)15-4-6-17(22)7-5-15/h3-8,11-12H,9-10H2,1-2H3. The summed E-state index contributed by atoms with van der Waals surface area (Å²) >= 11 is 0. The van der Waals surface area contributed by atoms with Crippen molar-refractivity contribution in [1.29, 1.82) is 5.26 Å². The zero-order chi connectivity index (χ0) is 21.2. The first kappa shape index (κ1) is 21.6. The SMILES string of the molecule is COCCOC(=O)C(C#N)=Cc1ccc(OC(=O)c2ccc(F)cc2)c(OC)c1. The van der Waals surface area contributed by atoms with Crippen LogP contribution in [-0.2, 0) is 14.3 Å². The van der Waals surface area contributed by atoms with E-state index >= 15 is 0 Å². The van der Waals surface area contributed by atoms with E-state index in [0.717, 1.165) is 12.1 Å². The van der Waals surface area contributed by atoms with Gasteiger partial charge in [0.1, 0.15) is 24.1 Å². The van der Waals surface area contributed by atoms with Gasteiger partial charge < -0.3 is 18.9 Å². The fourth-order valence-corrected chi connectivity index (χ4v) is 2.20. The summed E-state index contributed by atoms with van der Waals surface area (Å²) in [6, 6.07) is 11.2. The first-order chi connectivity index (χ1) is 14.0. The molecule has 2 aromatic rings. The van der Waals surface area contributed by atoms with Crippen molar-refractivity contribution in [2.24, 2.45) is 0 Å². The lowest BCUT2D eigenvalue weighted by Gasteiger charge is -2.10. The van der Waals surface area contributed by atoms with Gasteiger partial charge in [0, 0.05) is 7.11 Å². The third-order valence-electron chi connectivity index (χ3n) is 3.64. The molecule has 0 radical (unpaired) electrons. The quantitative estimate of drug-likeness (QED) is 0.221. The number of benzene rings is 2. The maximum absolute atomic E-state index is 13.0. The van der Waals surface area contributed by atoms with Gasteiger partial charge in [0.05, 0.1) is 19.3 Å². The average Bonchev–Trinajstić information content (AvgIpc) is 2.73. The molecule has 8 heteroatoms. The van der Waals surface area contributed by atoms with Gasteiger partial charge in [0.25, 0.3) is 0 Å². The normalized spacial score (nSPS) is 10.8. The molecule has 29 heavy (non-hydrogen) atoms. The minimum absolute atomic E-state index is 0.0238. The summed E-state index contributed by atoms with van der Waals surface area (Å²) in [6.45, 7) is 0.238. The largest absolute Gasteiger partial charge is 0.493 e. The van der Waals surface area contributed by atoms with Crippen LogP contribution in [0.1, 0.15) is 15.9 Å². The number of carbonyl (C=O) groups excluding carboxylic acids is 2. The molecule has 2 rings (SSSR count). The maximum Gasteiger partial charge on any atom is 0.348 e. The molecule has 2 aromatic carbocycles. The van der Waals surface area contributed by atoms with Gasteiger partial charge in [0.2, 0.25) is 0 Å². The molecular formula is C21H18FNO6. The molecule has 0 spiro atoms. The average molecular weight is 399 g/mol. The number of ether oxygens (including phenoxy) is 4. The van der Waals surface area contributed by atoms with Crippen molar-refractivity contribution < 1.29 is 32.9 Å². The summed E-state index contributed by atoms with van der Waals surface area (Å²) in [4.78, 5) is 24.1. The second-order valence-electron chi connectivity index (χ2n) is 5.61. The van der Waals surface area contributed by atoms with Crippen LogP contribution in [0.15, 0.2) is 48.0 Å². The van der Waals surface area contributed by atoms with Crippen molar-refractivity contribution in [1.82, 2.24) is 0 Å². The zero-order valence-electron chi connectivity index (χ0n) is 15.8. The molecule has 0 aliphatic carbocycles. The van der Waals surface area contributed by atoms with Gasteiger partial charge in [-0.25, -0.2) is 14.0 Å². The van der Waals surface area contributed by atoms with E-state index in [1.807, 2.05) is 0 Å². The molecule has 0 atom stereocenters. The van der Waals surface area contributed by atoms with Crippen molar-refractivity contribution in [2.45, 2.75) is 0 Å². The van der Waals surface area contributed by atoms with E-state index in [1.165, 1.54) is 50.6 Å². The Hall–Kier alpha value is -3.70. The molecule has 0 saturated carbocycles. The van der Waals surface area contributed by atoms with Crippen LogP contribution in [0.4, 0.5) is 4.39 Å². The minimum Gasteiger partial charge on any atom is -0.493 e. The molecule has 0 heterocycles. The summed E-state index contributed by atoms with van der Waals surface area (Å²) in [7, 11) is 2.84. The maximum atomic E-state index is 13.0. The van der Waals surface area contributed by atoms with Gasteiger partial charge in [-0.05, 0) is 48.0 Å². The van der Waals surface area contributed by atoms with Crippen LogP contribution in [0.2, 0.25) is 0 Å². The van der Waals surface area contributed by atoms with Crippen LogP contribution in [0.3, 0.4) is 0 Å². The van der Waals surface area contributed by atoms with Crippen molar-refractivity contribution >= 4 is 18.0 Å². The highest BCUT2D eigenvalue weighted by atomic mass is 19.1. The van der Waals surface area contributed by atoms with Crippen molar-refractivity contribution in [3.8, 4) is 17.6 Å². The number of rotatable bonds is 8. The predicted molar refractivity (Wildman–Crippen MR) is 101 cm³/mol. The van der Waals surface area contributed by atoms with Crippen LogP contribution in [0.25, 0.3) is 6.08 Å². The highest BCUT2D eigenvalue weighted by molar-refractivity contribution is 5.98. The Kier molecular flexibility index (Phi) is 7.88. The monoisotopic (exact) mass is 399 g/mol. The first-order valence-electron chi connectivity index (χ1n) is 8.42. The van der Waals surface area contributed by atoms with Gasteiger partial charge in [-0.2, -0.15) is 5.26 Å². The van der Waals surface area contributed by atoms with E-state index in [2.05, 4.69) is 0 Å². The highest BCUT2D eigenvalue weighted by Crippen LogP contribution is 2.29. The Balaban J connectivity index is 2.18. The fraction of sp³-hybridized carbons (Fsp3) is 0.190. The summed E-state index contributed by atoms with van der Waals surface area (Å²) < 4.78 is 33.2. The molecule has 0 aliphatic rings. The number of hydrogen-bond donors (Lipinski definition) is 0. The molecule has 7 nitrogen and oxygen atoms in total. The minimum atomic E-state index is -0.782. The third kappa shape index (κ3) is 6.16. The van der Waals surface area contributed by atoms with E-state index in [-0.39, 0.29) is 35.8 Å². The van der Waals surface area contributed by atoms with Crippen molar-refractivity contribution in [3.63, 3.8) is 0 Å². The lowest BCUT2D eigenvalue weighted by molar-refractivity contribution is -0.139. The molecule has 0 aliphatic heterocycles. The second kappa shape index (κ2) is 10.6. The van der Waals surface area contributed by atoms with E-state index in [1.54, 1.807) is 6.07 Å². The highest BCUT2D eigenvalue weighted by Gasteiger charge is 2.15. The smallest absolute Gasteiger partial charge is 0.348 e. The number of hydrogen-bond acceptors (Lipinski definition) is 7. The number of nitrogens with zero attached hydrogens (tertiary/aromatic N) is 1. The zero-order valence-corrected chi connectivity index (χ0v) is 15.8.